The van der Waals surface area contributed by atoms with Crippen LogP contribution in [0, 0.1) is 0 Å². The number of anilines is 1. The first-order valence-corrected chi connectivity index (χ1v) is 10.2. The van der Waals surface area contributed by atoms with E-state index in [1.54, 1.807) is 10.7 Å². The zero-order valence-corrected chi connectivity index (χ0v) is 17.2. The van der Waals surface area contributed by atoms with Crippen molar-refractivity contribution in [2.24, 2.45) is 5.10 Å². The van der Waals surface area contributed by atoms with E-state index in [1.165, 1.54) is 0 Å². The number of hydrogen-bond donors (Lipinski definition) is 1. The van der Waals surface area contributed by atoms with Gasteiger partial charge < -0.3 is 0 Å². The van der Waals surface area contributed by atoms with E-state index in [4.69, 9.17) is 21.7 Å². The van der Waals surface area contributed by atoms with Gasteiger partial charge in [-0.3, -0.25) is 0 Å². The molecule has 31 heavy (non-hydrogen) atoms. The van der Waals surface area contributed by atoms with Gasteiger partial charge in [-0.05, 0) is 29.8 Å². The second-order valence-electron chi connectivity index (χ2n) is 6.98. The molecule has 0 atom stereocenters. The molecular formula is C25H18ClN5. The molecule has 0 aliphatic rings. The van der Waals surface area contributed by atoms with Crippen LogP contribution in [0.4, 0.5) is 5.95 Å². The lowest BCUT2D eigenvalue weighted by Gasteiger charge is -2.07. The fraction of sp³-hybridized carbons (Fsp3) is 0. The van der Waals surface area contributed by atoms with Crippen molar-refractivity contribution >= 4 is 29.3 Å². The van der Waals surface area contributed by atoms with Gasteiger partial charge in [0, 0.05) is 16.1 Å². The van der Waals surface area contributed by atoms with Gasteiger partial charge >= 0.3 is 0 Å². The van der Waals surface area contributed by atoms with Crippen LogP contribution in [0.25, 0.3) is 28.0 Å². The number of aromatic nitrogens is 3. The highest BCUT2D eigenvalue weighted by molar-refractivity contribution is 6.30. The smallest absolute Gasteiger partial charge is 0.245 e. The minimum atomic E-state index is 0.525. The van der Waals surface area contributed by atoms with Crippen molar-refractivity contribution in [3.8, 4) is 22.5 Å². The van der Waals surface area contributed by atoms with Crippen LogP contribution in [0.5, 0.6) is 0 Å². The third-order valence-corrected chi connectivity index (χ3v) is 5.09. The zero-order valence-electron chi connectivity index (χ0n) is 16.5. The van der Waals surface area contributed by atoms with Gasteiger partial charge in [-0.2, -0.15) is 14.7 Å². The van der Waals surface area contributed by atoms with Crippen LogP contribution in [-0.2, 0) is 0 Å². The second kappa shape index (κ2) is 8.42. The standard InChI is InChI=1S/C25H18ClN5/c26-21-13-11-20(12-14-21)23-15-22-16-24(19-9-5-2-6-10-19)30-31(22)25(28-23)29-27-17-18-7-3-1-4-8-18/h1-17H,(H,28,29). The predicted octanol–water partition coefficient (Wildman–Crippen LogP) is 6.16. The van der Waals surface area contributed by atoms with E-state index in [1.807, 2.05) is 97.1 Å². The molecule has 6 heteroatoms. The predicted molar refractivity (Wildman–Crippen MR) is 127 cm³/mol. The average Bonchev–Trinajstić information content (AvgIpc) is 3.25. The minimum Gasteiger partial charge on any atom is -0.245 e. The van der Waals surface area contributed by atoms with Crippen molar-refractivity contribution < 1.29 is 0 Å². The Kier molecular flexibility index (Phi) is 5.17. The number of nitrogens with zero attached hydrogens (tertiary/aromatic N) is 4. The molecule has 2 aromatic heterocycles. The van der Waals surface area contributed by atoms with Crippen molar-refractivity contribution in [3.63, 3.8) is 0 Å². The molecule has 5 rings (SSSR count). The number of nitrogens with one attached hydrogen (secondary N) is 1. The van der Waals surface area contributed by atoms with Gasteiger partial charge in [-0.1, -0.05) is 84.4 Å². The quantitative estimate of drug-likeness (QED) is 0.272. The van der Waals surface area contributed by atoms with Crippen LogP contribution in [0.1, 0.15) is 5.56 Å². The molecule has 0 bridgehead atoms. The van der Waals surface area contributed by atoms with Crippen LogP contribution >= 0.6 is 11.6 Å². The first-order chi connectivity index (χ1) is 15.3. The number of halogens is 1. The summed E-state index contributed by atoms with van der Waals surface area (Å²) in [6, 6.07) is 31.6. The third-order valence-electron chi connectivity index (χ3n) is 4.84. The van der Waals surface area contributed by atoms with Crippen LogP contribution in [0.3, 0.4) is 0 Å². The van der Waals surface area contributed by atoms with Crippen LogP contribution in [-0.4, -0.2) is 20.8 Å². The Morgan fingerprint density at radius 2 is 1.42 bits per heavy atom. The summed E-state index contributed by atoms with van der Waals surface area (Å²) in [5.41, 5.74) is 8.63. The van der Waals surface area contributed by atoms with E-state index < -0.39 is 0 Å². The zero-order chi connectivity index (χ0) is 21.0. The molecule has 0 unspecified atom stereocenters. The van der Waals surface area contributed by atoms with Gasteiger partial charge in [0.15, 0.2) is 0 Å². The molecule has 1 N–H and O–H groups in total. The highest BCUT2D eigenvalue weighted by Gasteiger charge is 2.12. The maximum Gasteiger partial charge on any atom is 0.245 e. The van der Waals surface area contributed by atoms with E-state index in [0.717, 1.165) is 33.6 Å². The SMILES string of the molecule is Clc1ccc(-c2cc3cc(-c4ccccc4)nn3c(NN=Cc3ccccc3)n2)cc1. The molecule has 0 radical (unpaired) electrons. The summed E-state index contributed by atoms with van der Waals surface area (Å²) in [6.07, 6.45) is 1.75. The maximum absolute atomic E-state index is 6.06. The number of rotatable bonds is 5. The molecule has 0 aliphatic heterocycles. The van der Waals surface area contributed by atoms with Gasteiger partial charge in [0.1, 0.15) is 0 Å². The van der Waals surface area contributed by atoms with Crippen molar-refractivity contribution in [2.75, 3.05) is 5.43 Å². The van der Waals surface area contributed by atoms with Gasteiger partial charge in [0.05, 0.1) is 23.1 Å². The Morgan fingerprint density at radius 1 is 0.774 bits per heavy atom. The summed E-state index contributed by atoms with van der Waals surface area (Å²) in [5.74, 6) is 0.525. The topological polar surface area (TPSA) is 54.6 Å². The van der Waals surface area contributed by atoms with Gasteiger partial charge in [0.25, 0.3) is 0 Å². The van der Waals surface area contributed by atoms with E-state index in [-0.39, 0.29) is 0 Å². The molecule has 0 amide bonds. The molecule has 150 valence electrons. The van der Waals surface area contributed by atoms with Gasteiger partial charge in [-0.25, -0.2) is 10.4 Å². The van der Waals surface area contributed by atoms with E-state index >= 15 is 0 Å². The Morgan fingerprint density at radius 3 is 2.16 bits per heavy atom. The van der Waals surface area contributed by atoms with E-state index in [0.29, 0.717) is 11.0 Å². The fourth-order valence-corrected chi connectivity index (χ4v) is 3.42. The molecule has 5 aromatic rings. The van der Waals surface area contributed by atoms with Crippen LogP contribution in [0.2, 0.25) is 5.02 Å². The number of hydrogen-bond acceptors (Lipinski definition) is 4. The molecule has 5 nitrogen and oxygen atoms in total. The first-order valence-electron chi connectivity index (χ1n) is 9.82. The van der Waals surface area contributed by atoms with E-state index in [2.05, 4.69) is 10.5 Å². The molecule has 3 aromatic carbocycles. The van der Waals surface area contributed by atoms with Crippen molar-refractivity contribution in [1.29, 1.82) is 0 Å². The van der Waals surface area contributed by atoms with E-state index in [9.17, 15) is 0 Å². The second-order valence-corrected chi connectivity index (χ2v) is 7.42. The summed E-state index contributed by atoms with van der Waals surface area (Å²) >= 11 is 6.06. The molecule has 0 spiro atoms. The maximum atomic E-state index is 6.06. The van der Waals surface area contributed by atoms with Crippen molar-refractivity contribution in [3.05, 3.63) is 108 Å². The summed E-state index contributed by atoms with van der Waals surface area (Å²) < 4.78 is 1.77. The largest absolute Gasteiger partial charge is 0.245 e. The van der Waals surface area contributed by atoms with Crippen molar-refractivity contribution in [2.45, 2.75) is 0 Å². The van der Waals surface area contributed by atoms with Crippen LogP contribution < -0.4 is 5.43 Å². The summed E-state index contributed by atoms with van der Waals surface area (Å²) in [6.45, 7) is 0. The van der Waals surface area contributed by atoms with Gasteiger partial charge in [0.2, 0.25) is 5.95 Å². The Bertz CT molecular complexity index is 1340. The average molecular weight is 424 g/mol. The molecule has 0 saturated heterocycles. The Hall–Kier alpha value is -3.96. The monoisotopic (exact) mass is 423 g/mol. The minimum absolute atomic E-state index is 0.525. The summed E-state index contributed by atoms with van der Waals surface area (Å²) in [5, 5.41) is 9.81. The molecular weight excluding hydrogens is 406 g/mol. The lowest BCUT2D eigenvalue weighted by Crippen LogP contribution is -2.04. The summed E-state index contributed by atoms with van der Waals surface area (Å²) in [7, 11) is 0. The molecule has 0 saturated carbocycles. The van der Waals surface area contributed by atoms with Crippen LogP contribution in [0.15, 0.2) is 102 Å². The highest BCUT2D eigenvalue weighted by Crippen LogP contribution is 2.26. The number of fused-ring (bicyclic) bond motifs is 1. The van der Waals surface area contributed by atoms with Crippen molar-refractivity contribution in [1.82, 2.24) is 14.6 Å². The molecule has 0 fully saturated rings. The molecule has 0 aliphatic carbocycles. The lowest BCUT2D eigenvalue weighted by atomic mass is 10.1. The highest BCUT2D eigenvalue weighted by atomic mass is 35.5. The summed E-state index contributed by atoms with van der Waals surface area (Å²) in [4.78, 5) is 4.77. The Balaban J connectivity index is 1.58. The van der Waals surface area contributed by atoms with Gasteiger partial charge in [-0.15, -0.1) is 0 Å². The lowest BCUT2D eigenvalue weighted by molar-refractivity contribution is 0.925. The third kappa shape index (κ3) is 4.17. The Labute approximate surface area is 184 Å². The number of benzene rings is 3. The molecule has 2 heterocycles. The normalized spacial score (nSPS) is 11.3. The number of hydrazone groups is 1. The fourth-order valence-electron chi connectivity index (χ4n) is 3.30. The first kappa shape index (κ1) is 19.0.